The lowest BCUT2D eigenvalue weighted by atomic mass is 10.1. The Morgan fingerprint density at radius 2 is 2.11 bits per heavy atom. The highest BCUT2D eigenvalue weighted by molar-refractivity contribution is 14.0. The van der Waals surface area contributed by atoms with Crippen LogP contribution in [0.5, 0.6) is 0 Å². The Kier molecular flexibility index (Phi) is 8.66. The van der Waals surface area contributed by atoms with E-state index < -0.39 is 0 Å². The number of halogens is 1. The first-order valence-electron chi connectivity index (χ1n) is 10.2. The van der Waals surface area contributed by atoms with Crippen molar-refractivity contribution >= 4 is 41.3 Å². The number of rotatable bonds is 7. The van der Waals surface area contributed by atoms with E-state index in [9.17, 15) is 0 Å². The number of furan rings is 1. The summed E-state index contributed by atoms with van der Waals surface area (Å²) >= 11 is 1.78. The Morgan fingerprint density at radius 3 is 2.86 bits per heavy atom. The Balaban J connectivity index is 0.00000225. The van der Waals surface area contributed by atoms with Crippen LogP contribution >= 0.6 is 35.3 Å². The van der Waals surface area contributed by atoms with Gasteiger partial charge >= 0.3 is 0 Å². The van der Waals surface area contributed by atoms with Gasteiger partial charge in [0.05, 0.1) is 12.8 Å². The Hall–Kier alpha value is -1.06. The summed E-state index contributed by atoms with van der Waals surface area (Å²) in [6, 6.07) is 8.24. The second kappa shape index (κ2) is 11.2. The van der Waals surface area contributed by atoms with Crippen molar-refractivity contribution < 1.29 is 4.42 Å². The van der Waals surface area contributed by atoms with Crippen LogP contribution in [-0.4, -0.2) is 55.0 Å². The van der Waals surface area contributed by atoms with E-state index in [0.717, 1.165) is 50.2 Å². The van der Waals surface area contributed by atoms with E-state index in [2.05, 4.69) is 32.6 Å². The molecule has 1 atom stereocenters. The smallest absolute Gasteiger partial charge is 0.194 e. The quantitative estimate of drug-likeness (QED) is 0.344. The van der Waals surface area contributed by atoms with Crippen LogP contribution in [0.3, 0.4) is 0 Å². The highest BCUT2D eigenvalue weighted by Crippen LogP contribution is 2.20. The largest absolute Gasteiger partial charge is 0.469 e. The maximum absolute atomic E-state index is 5.45. The summed E-state index contributed by atoms with van der Waals surface area (Å²) in [7, 11) is 0. The molecule has 0 radical (unpaired) electrons. The zero-order valence-electron chi connectivity index (χ0n) is 16.4. The van der Waals surface area contributed by atoms with Crippen LogP contribution in [0.1, 0.15) is 29.9 Å². The summed E-state index contributed by atoms with van der Waals surface area (Å²) in [5.41, 5.74) is 0. The third-order valence-corrected chi connectivity index (χ3v) is 6.36. The molecule has 2 aliphatic heterocycles. The van der Waals surface area contributed by atoms with Crippen molar-refractivity contribution in [2.75, 3.05) is 39.3 Å². The first-order chi connectivity index (χ1) is 13.4. The average molecular weight is 514 g/mol. The van der Waals surface area contributed by atoms with Gasteiger partial charge in [0.15, 0.2) is 5.96 Å². The van der Waals surface area contributed by atoms with Gasteiger partial charge < -0.3 is 19.5 Å². The normalized spacial score (nSPS) is 20.5. The third kappa shape index (κ3) is 6.22. The number of likely N-dealkylation sites (tertiary alicyclic amines) is 2. The van der Waals surface area contributed by atoms with Crippen LogP contribution < -0.4 is 5.32 Å². The highest BCUT2D eigenvalue weighted by atomic mass is 127. The fourth-order valence-corrected chi connectivity index (χ4v) is 4.71. The fourth-order valence-electron chi connectivity index (χ4n) is 4.08. The molecular formula is C21H31IN4OS. The standard InChI is InChI=1S/C21H30N4OS.HI/c1-2-11-24(10-1)16-18-8-12-25(17-18)21(23-15-20-6-4-14-27-20)22-9-7-19-5-3-13-26-19;/h3-6,13-14,18H,1-2,7-12,15-17H2,(H,22,23);1H. The van der Waals surface area contributed by atoms with Gasteiger partial charge in [0.2, 0.25) is 0 Å². The van der Waals surface area contributed by atoms with Gasteiger partial charge in [-0.05, 0) is 61.8 Å². The lowest BCUT2D eigenvalue weighted by molar-refractivity contribution is 0.281. The SMILES string of the molecule is I.c1coc(CCNC(=NCc2cccs2)N2CCC(CN3CCCC3)C2)c1. The van der Waals surface area contributed by atoms with Crippen molar-refractivity contribution in [3.63, 3.8) is 0 Å². The van der Waals surface area contributed by atoms with Crippen molar-refractivity contribution in [3.05, 3.63) is 46.5 Å². The molecule has 0 saturated carbocycles. The minimum absolute atomic E-state index is 0. The molecule has 0 aliphatic carbocycles. The molecule has 0 aromatic carbocycles. The van der Waals surface area contributed by atoms with Gasteiger partial charge in [-0.15, -0.1) is 35.3 Å². The molecule has 2 aliphatic rings. The number of nitrogens with zero attached hydrogens (tertiary/aromatic N) is 3. The maximum Gasteiger partial charge on any atom is 0.194 e. The number of thiophene rings is 1. The Morgan fingerprint density at radius 1 is 1.21 bits per heavy atom. The lowest BCUT2D eigenvalue weighted by Gasteiger charge is -2.23. The zero-order valence-corrected chi connectivity index (χ0v) is 19.5. The number of aliphatic imine (C=N–C) groups is 1. The molecule has 4 heterocycles. The van der Waals surface area contributed by atoms with Crippen molar-refractivity contribution in [2.45, 2.75) is 32.2 Å². The summed E-state index contributed by atoms with van der Waals surface area (Å²) in [5.74, 6) is 2.84. The highest BCUT2D eigenvalue weighted by Gasteiger charge is 2.27. The molecule has 28 heavy (non-hydrogen) atoms. The van der Waals surface area contributed by atoms with E-state index in [1.807, 2.05) is 12.1 Å². The molecule has 1 N–H and O–H groups in total. The van der Waals surface area contributed by atoms with Gasteiger partial charge in [0.1, 0.15) is 5.76 Å². The van der Waals surface area contributed by atoms with Crippen LogP contribution in [0.2, 0.25) is 0 Å². The van der Waals surface area contributed by atoms with Gasteiger partial charge in [0.25, 0.3) is 0 Å². The molecule has 2 fully saturated rings. The number of hydrogen-bond donors (Lipinski definition) is 1. The van der Waals surface area contributed by atoms with Crippen LogP contribution in [0, 0.1) is 5.92 Å². The fraction of sp³-hybridized carbons (Fsp3) is 0.571. The topological polar surface area (TPSA) is 44.0 Å². The van der Waals surface area contributed by atoms with E-state index in [4.69, 9.17) is 9.41 Å². The van der Waals surface area contributed by atoms with Gasteiger partial charge in [0, 0.05) is 37.5 Å². The predicted octanol–water partition coefficient (Wildman–Crippen LogP) is 4.07. The van der Waals surface area contributed by atoms with Crippen molar-refractivity contribution in [1.82, 2.24) is 15.1 Å². The zero-order chi connectivity index (χ0) is 18.3. The van der Waals surface area contributed by atoms with E-state index in [1.165, 1.54) is 43.8 Å². The third-order valence-electron chi connectivity index (χ3n) is 5.50. The van der Waals surface area contributed by atoms with Crippen molar-refractivity contribution in [1.29, 1.82) is 0 Å². The van der Waals surface area contributed by atoms with Crippen molar-refractivity contribution in [3.8, 4) is 0 Å². The molecule has 1 unspecified atom stereocenters. The molecule has 0 spiro atoms. The minimum Gasteiger partial charge on any atom is -0.469 e. The molecule has 0 amide bonds. The monoisotopic (exact) mass is 514 g/mol. The first-order valence-corrected chi connectivity index (χ1v) is 11.0. The summed E-state index contributed by atoms with van der Waals surface area (Å²) in [4.78, 5) is 11.3. The number of hydrogen-bond acceptors (Lipinski definition) is 4. The van der Waals surface area contributed by atoms with E-state index in [0.29, 0.717) is 0 Å². The Labute approximate surface area is 189 Å². The van der Waals surface area contributed by atoms with Gasteiger partial charge in [-0.2, -0.15) is 0 Å². The second-order valence-corrected chi connectivity index (χ2v) is 8.62. The molecule has 2 saturated heterocycles. The molecule has 154 valence electrons. The average Bonchev–Trinajstić information content (AvgIpc) is 3.47. The van der Waals surface area contributed by atoms with Gasteiger partial charge in [-0.25, -0.2) is 4.99 Å². The van der Waals surface area contributed by atoms with Crippen LogP contribution in [-0.2, 0) is 13.0 Å². The molecule has 2 aromatic rings. The summed E-state index contributed by atoms with van der Waals surface area (Å²) < 4.78 is 5.45. The summed E-state index contributed by atoms with van der Waals surface area (Å²) in [5, 5.41) is 5.71. The maximum atomic E-state index is 5.45. The molecule has 0 bridgehead atoms. The van der Waals surface area contributed by atoms with E-state index >= 15 is 0 Å². The van der Waals surface area contributed by atoms with Gasteiger partial charge in [-0.1, -0.05) is 6.07 Å². The first kappa shape index (κ1) is 21.6. The number of nitrogens with one attached hydrogen (secondary N) is 1. The summed E-state index contributed by atoms with van der Waals surface area (Å²) in [6.07, 6.45) is 6.64. The van der Waals surface area contributed by atoms with Crippen LogP contribution in [0.4, 0.5) is 0 Å². The molecule has 5 nitrogen and oxygen atoms in total. The van der Waals surface area contributed by atoms with Crippen molar-refractivity contribution in [2.24, 2.45) is 10.9 Å². The lowest BCUT2D eigenvalue weighted by Crippen LogP contribution is -2.41. The van der Waals surface area contributed by atoms with E-state index in [-0.39, 0.29) is 24.0 Å². The molecule has 2 aromatic heterocycles. The Bertz CT molecular complexity index is 698. The van der Waals surface area contributed by atoms with Crippen LogP contribution in [0.25, 0.3) is 0 Å². The molecular weight excluding hydrogens is 483 g/mol. The molecule has 4 rings (SSSR count). The van der Waals surface area contributed by atoms with Crippen LogP contribution in [0.15, 0.2) is 45.3 Å². The molecule has 7 heteroatoms. The predicted molar refractivity (Wildman–Crippen MR) is 127 cm³/mol. The minimum atomic E-state index is 0. The second-order valence-electron chi connectivity index (χ2n) is 7.58. The van der Waals surface area contributed by atoms with E-state index in [1.54, 1.807) is 17.6 Å². The number of guanidine groups is 1. The summed E-state index contributed by atoms with van der Waals surface area (Å²) in [6.45, 7) is 7.66. The van der Waals surface area contributed by atoms with Gasteiger partial charge in [-0.3, -0.25) is 0 Å².